The van der Waals surface area contributed by atoms with Crippen molar-refractivity contribution in [2.75, 3.05) is 23.0 Å². The van der Waals surface area contributed by atoms with E-state index in [4.69, 9.17) is 5.26 Å². The van der Waals surface area contributed by atoms with Crippen LogP contribution in [-0.2, 0) is 0 Å². The Morgan fingerprint density at radius 1 is 1.07 bits per heavy atom. The quantitative estimate of drug-likeness (QED) is 0.190. The summed E-state index contributed by atoms with van der Waals surface area (Å²) in [6, 6.07) is 15.9. The van der Waals surface area contributed by atoms with Crippen molar-refractivity contribution in [3.05, 3.63) is 88.2 Å². The van der Waals surface area contributed by atoms with Crippen LogP contribution in [0.4, 0.5) is 26.6 Å². The third-order valence-corrected chi connectivity index (χ3v) is 8.01. The molecule has 12 heteroatoms. The van der Waals surface area contributed by atoms with Crippen LogP contribution in [-0.4, -0.2) is 37.4 Å². The second-order valence-electron chi connectivity index (χ2n) is 11.3. The Kier molecular flexibility index (Phi) is 8.00. The molecule has 1 aliphatic rings. The highest BCUT2D eigenvalue weighted by molar-refractivity contribution is 6.00. The van der Waals surface area contributed by atoms with Crippen LogP contribution in [0.15, 0.2) is 65.6 Å². The lowest BCUT2D eigenvalue weighted by Gasteiger charge is -2.18. The van der Waals surface area contributed by atoms with Gasteiger partial charge in [-0.3, -0.25) is 14.7 Å². The van der Waals surface area contributed by atoms with Crippen LogP contribution >= 0.6 is 0 Å². The van der Waals surface area contributed by atoms with Crippen LogP contribution < -0.4 is 21.5 Å². The molecule has 0 spiro atoms. The van der Waals surface area contributed by atoms with Crippen molar-refractivity contribution in [2.45, 2.75) is 51.5 Å². The van der Waals surface area contributed by atoms with E-state index in [0.717, 1.165) is 31.4 Å². The third-order valence-electron chi connectivity index (χ3n) is 8.01. The van der Waals surface area contributed by atoms with Crippen molar-refractivity contribution in [1.82, 2.24) is 24.3 Å². The standard InChI is InChI=1S/C33H32FN9O2/c1-19(2)27-16-29(43(41-27)24-11-8-20(17-35)9-12-24)39-33(45)38-28-15-21(10-13-26(28)34)25-14-22-18-37-32(36-3)40-30(22)42(31(25)44)23-6-4-5-7-23/h8-16,18-19,23H,4-7H2,1-3H3,(H,36,37,40)(H2,38,39,45). The highest BCUT2D eigenvalue weighted by atomic mass is 19.1. The molecule has 11 nitrogen and oxygen atoms in total. The number of hydrogen-bond acceptors (Lipinski definition) is 7. The lowest BCUT2D eigenvalue weighted by atomic mass is 10.0. The van der Waals surface area contributed by atoms with Crippen molar-refractivity contribution >= 4 is 34.5 Å². The van der Waals surface area contributed by atoms with Gasteiger partial charge in [0.15, 0.2) is 0 Å². The minimum Gasteiger partial charge on any atom is -0.357 e. The van der Waals surface area contributed by atoms with Crippen LogP contribution in [0.3, 0.4) is 0 Å². The minimum atomic E-state index is -0.689. The predicted molar refractivity (Wildman–Crippen MR) is 171 cm³/mol. The summed E-state index contributed by atoms with van der Waals surface area (Å²) in [4.78, 5) is 36.1. The normalized spacial score (nSPS) is 13.2. The summed E-state index contributed by atoms with van der Waals surface area (Å²) in [6.45, 7) is 3.96. The van der Waals surface area contributed by atoms with E-state index in [1.54, 1.807) is 58.9 Å². The number of nitriles is 1. The van der Waals surface area contributed by atoms with Gasteiger partial charge in [0.05, 0.1) is 28.7 Å². The van der Waals surface area contributed by atoms with E-state index in [2.05, 4.69) is 37.1 Å². The average molecular weight is 606 g/mol. The van der Waals surface area contributed by atoms with Crippen LogP contribution in [0.2, 0.25) is 0 Å². The number of benzene rings is 2. The molecule has 1 aliphatic carbocycles. The molecule has 2 amide bonds. The Balaban J connectivity index is 1.33. The number of urea groups is 1. The van der Waals surface area contributed by atoms with Gasteiger partial charge in [-0.15, -0.1) is 0 Å². The zero-order chi connectivity index (χ0) is 31.7. The first kappa shape index (κ1) is 29.5. The summed E-state index contributed by atoms with van der Waals surface area (Å²) in [5.74, 6) is 0.207. The van der Waals surface area contributed by atoms with Crippen LogP contribution in [0.5, 0.6) is 0 Å². The van der Waals surface area contributed by atoms with Crippen molar-refractivity contribution in [2.24, 2.45) is 0 Å². The van der Waals surface area contributed by atoms with Gasteiger partial charge in [0, 0.05) is 36.3 Å². The molecule has 3 heterocycles. The molecule has 0 radical (unpaired) electrons. The maximum Gasteiger partial charge on any atom is 0.324 e. The SMILES string of the molecule is CNc1ncc2cc(-c3ccc(F)c(NC(=O)Nc4cc(C(C)C)nn4-c4ccc(C#N)cc4)c3)c(=O)n(C3CCCC3)c2n1. The molecule has 3 N–H and O–H groups in total. The lowest BCUT2D eigenvalue weighted by molar-refractivity contribution is 0.262. The highest BCUT2D eigenvalue weighted by Gasteiger charge is 2.24. The first-order valence-corrected chi connectivity index (χ1v) is 14.8. The molecule has 0 aliphatic heterocycles. The Hall–Kier alpha value is -5.57. The van der Waals surface area contributed by atoms with E-state index in [0.29, 0.717) is 45.2 Å². The smallest absolute Gasteiger partial charge is 0.324 e. The van der Waals surface area contributed by atoms with Gasteiger partial charge in [0.2, 0.25) is 5.95 Å². The second-order valence-corrected chi connectivity index (χ2v) is 11.3. The molecule has 5 aromatic rings. The molecule has 0 bridgehead atoms. The lowest BCUT2D eigenvalue weighted by Crippen LogP contribution is -2.26. The van der Waals surface area contributed by atoms with Crippen LogP contribution in [0, 0.1) is 17.1 Å². The van der Waals surface area contributed by atoms with Gasteiger partial charge in [-0.05, 0) is 66.8 Å². The molecule has 228 valence electrons. The van der Waals surface area contributed by atoms with Gasteiger partial charge in [-0.25, -0.2) is 18.9 Å². The fraction of sp³-hybridized carbons (Fsp3) is 0.273. The largest absolute Gasteiger partial charge is 0.357 e. The molecule has 1 fully saturated rings. The molecule has 45 heavy (non-hydrogen) atoms. The van der Waals surface area contributed by atoms with Gasteiger partial charge < -0.3 is 10.6 Å². The molecule has 0 unspecified atom stereocenters. The van der Waals surface area contributed by atoms with E-state index in [1.807, 2.05) is 13.8 Å². The molecule has 6 rings (SSSR count). The van der Waals surface area contributed by atoms with Gasteiger partial charge in [-0.2, -0.15) is 15.3 Å². The van der Waals surface area contributed by atoms with E-state index < -0.39 is 11.8 Å². The monoisotopic (exact) mass is 605 g/mol. The fourth-order valence-corrected chi connectivity index (χ4v) is 5.65. The number of nitrogens with zero attached hydrogens (tertiary/aromatic N) is 6. The average Bonchev–Trinajstić information content (AvgIpc) is 3.72. The minimum absolute atomic E-state index is 0.0000596. The summed E-state index contributed by atoms with van der Waals surface area (Å²) >= 11 is 0. The van der Waals surface area contributed by atoms with E-state index in [-0.39, 0.29) is 23.2 Å². The number of rotatable bonds is 7. The molecule has 2 aromatic carbocycles. The zero-order valence-electron chi connectivity index (χ0n) is 25.1. The van der Waals surface area contributed by atoms with Crippen molar-refractivity contribution in [3.63, 3.8) is 0 Å². The van der Waals surface area contributed by atoms with Gasteiger partial charge in [0.25, 0.3) is 5.56 Å². The van der Waals surface area contributed by atoms with Gasteiger partial charge in [-0.1, -0.05) is 32.8 Å². The topological polar surface area (TPSA) is 143 Å². The molecule has 3 aromatic heterocycles. The van der Waals surface area contributed by atoms with E-state index >= 15 is 4.39 Å². The maximum atomic E-state index is 15.1. The number of anilines is 3. The number of carbonyl (C=O) groups is 1. The van der Waals surface area contributed by atoms with E-state index in [9.17, 15) is 9.59 Å². The van der Waals surface area contributed by atoms with Crippen LogP contribution in [0.25, 0.3) is 27.8 Å². The fourth-order valence-electron chi connectivity index (χ4n) is 5.65. The number of hydrogen-bond donors (Lipinski definition) is 3. The van der Waals surface area contributed by atoms with Crippen molar-refractivity contribution in [1.29, 1.82) is 5.26 Å². The predicted octanol–water partition coefficient (Wildman–Crippen LogP) is 6.58. The second kappa shape index (κ2) is 12.2. The van der Waals surface area contributed by atoms with Gasteiger partial charge in [0.1, 0.15) is 17.3 Å². The number of pyridine rings is 1. The molecule has 0 saturated heterocycles. The first-order valence-electron chi connectivity index (χ1n) is 14.8. The van der Waals surface area contributed by atoms with Crippen molar-refractivity contribution in [3.8, 4) is 22.9 Å². The summed E-state index contributed by atoms with van der Waals surface area (Å²) in [6.07, 6.45) is 5.45. The van der Waals surface area contributed by atoms with Gasteiger partial charge >= 0.3 is 6.03 Å². The Bertz CT molecular complexity index is 2000. The molecular weight excluding hydrogens is 573 g/mol. The maximum absolute atomic E-state index is 15.1. The molecular formula is C33H32FN9O2. The number of carbonyl (C=O) groups excluding carboxylic acids is 1. The summed E-state index contributed by atoms with van der Waals surface area (Å²) in [5, 5.41) is 22.8. The van der Waals surface area contributed by atoms with Crippen molar-refractivity contribution < 1.29 is 9.18 Å². The number of nitrogens with one attached hydrogen (secondary N) is 3. The Labute approximate surface area is 258 Å². The van der Waals surface area contributed by atoms with Crippen LogP contribution in [0.1, 0.15) is 62.7 Å². The summed E-state index contributed by atoms with van der Waals surface area (Å²) in [7, 11) is 1.72. The first-order chi connectivity index (χ1) is 21.7. The summed E-state index contributed by atoms with van der Waals surface area (Å²) < 4.78 is 18.4. The zero-order valence-corrected chi connectivity index (χ0v) is 25.1. The Morgan fingerprint density at radius 2 is 1.82 bits per heavy atom. The Morgan fingerprint density at radius 3 is 2.51 bits per heavy atom. The molecule has 0 atom stereocenters. The number of amides is 2. The number of fused-ring (bicyclic) bond motifs is 1. The number of halogens is 1. The third kappa shape index (κ3) is 5.84. The molecule has 1 saturated carbocycles. The highest BCUT2D eigenvalue weighted by Crippen LogP contribution is 2.33. The number of aromatic nitrogens is 5. The van der Waals surface area contributed by atoms with E-state index in [1.165, 1.54) is 18.2 Å². The summed E-state index contributed by atoms with van der Waals surface area (Å²) in [5.41, 5.74) is 2.92.